The number of carbonyl (C=O) groups excluding carboxylic acids is 2. The Morgan fingerprint density at radius 2 is 1.92 bits per heavy atom. The van der Waals surface area contributed by atoms with Crippen LogP contribution in [0.4, 0.5) is 13.6 Å². The molecule has 7 nitrogen and oxygen atoms in total. The van der Waals surface area contributed by atoms with Crippen molar-refractivity contribution in [3.05, 3.63) is 46.7 Å². The number of carboxylic acids is 1. The standard InChI is InChI=1S/C17H18F2N2O5/c1-9-13(16(24)26-2)15(14-10(18)5-3-6-11(14)19)20-17(25)21(9)8-4-7-12(22)23/h3,5-6,15H,4,7-8H2,1-2H3,(H,20,25)(H,22,23)/t15-/m1/s1. The van der Waals surface area contributed by atoms with Crippen LogP contribution in [0.15, 0.2) is 29.5 Å². The maximum atomic E-state index is 14.2. The molecular formula is C17H18F2N2O5. The van der Waals surface area contributed by atoms with E-state index < -0.39 is 41.2 Å². The molecule has 0 aromatic heterocycles. The number of carbonyl (C=O) groups is 3. The van der Waals surface area contributed by atoms with E-state index in [1.165, 1.54) is 13.0 Å². The van der Waals surface area contributed by atoms with Crippen LogP contribution in [0.25, 0.3) is 0 Å². The zero-order valence-electron chi connectivity index (χ0n) is 14.2. The fourth-order valence-corrected chi connectivity index (χ4v) is 2.82. The number of benzene rings is 1. The topological polar surface area (TPSA) is 95.9 Å². The summed E-state index contributed by atoms with van der Waals surface area (Å²) in [6, 6.07) is 1.17. The van der Waals surface area contributed by atoms with Crippen molar-refractivity contribution >= 4 is 18.0 Å². The highest BCUT2D eigenvalue weighted by Crippen LogP contribution is 2.34. The number of ether oxygens (including phenoxy) is 1. The van der Waals surface area contributed by atoms with Crippen LogP contribution in [-0.4, -0.2) is 41.6 Å². The number of nitrogens with zero attached hydrogens (tertiary/aromatic N) is 1. The summed E-state index contributed by atoms with van der Waals surface area (Å²) in [7, 11) is 1.11. The lowest BCUT2D eigenvalue weighted by Gasteiger charge is -2.35. The number of allylic oxidation sites excluding steroid dienone is 1. The molecule has 2 rings (SSSR count). The first-order valence-corrected chi connectivity index (χ1v) is 7.80. The fraction of sp³-hybridized carbons (Fsp3) is 0.353. The minimum absolute atomic E-state index is 0.0247. The smallest absolute Gasteiger partial charge is 0.337 e. The van der Waals surface area contributed by atoms with Crippen LogP contribution in [0.2, 0.25) is 0 Å². The van der Waals surface area contributed by atoms with E-state index in [-0.39, 0.29) is 30.7 Å². The van der Waals surface area contributed by atoms with Crippen LogP contribution >= 0.6 is 0 Å². The largest absolute Gasteiger partial charge is 0.481 e. The Kier molecular flexibility index (Phi) is 5.91. The van der Waals surface area contributed by atoms with E-state index in [9.17, 15) is 23.2 Å². The van der Waals surface area contributed by atoms with E-state index in [1.807, 2.05) is 0 Å². The highest BCUT2D eigenvalue weighted by Gasteiger charge is 2.38. The van der Waals surface area contributed by atoms with E-state index in [0.717, 1.165) is 24.1 Å². The second kappa shape index (κ2) is 7.94. The highest BCUT2D eigenvalue weighted by atomic mass is 19.1. The van der Waals surface area contributed by atoms with E-state index in [4.69, 9.17) is 9.84 Å². The molecule has 0 fully saturated rings. The molecule has 1 aromatic rings. The monoisotopic (exact) mass is 368 g/mol. The Hall–Kier alpha value is -2.97. The van der Waals surface area contributed by atoms with E-state index in [1.54, 1.807) is 0 Å². The van der Waals surface area contributed by atoms with Gasteiger partial charge in [0, 0.05) is 18.7 Å². The van der Waals surface area contributed by atoms with Crippen LogP contribution in [0.1, 0.15) is 31.4 Å². The Balaban J connectivity index is 2.48. The lowest BCUT2D eigenvalue weighted by Crippen LogP contribution is -2.48. The molecule has 1 heterocycles. The number of urea groups is 1. The number of hydrogen-bond donors (Lipinski definition) is 2. The SMILES string of the molecule is COC(=O)C1=C(C)N(CCCC(=O)O)C(=O)N[C@H]1c1c(F)cccc1F. The van der Waals surface area contributed by atoms with Crippen molar-refractivity contribution in [2.45, 2.75) is 25.8 Å². The number of esters is 1. The van der Waals surface area contributed by atoms with Gasteiger partial charge in [0.1, 0.15) is 11.6 Å². The van der Waals surface area contributed by atoms with Crippen LogP contribution in [-0.2, 0) is 14.3 Å². The molecule has 1 aliphatic heterocycles. The van der Waals surface area contributed by atoms with Gasteiger partial charge in [-0.1, -0.05) is 6.07 Å². The number of halogens is 2. The van der Waals surface area contributed by atoms with Gasteiger partial charge in [-0.05, 0) is 25.5 Å². The predicted molar refractivity (Wildman–Crippen MR) is 85.9 cm³/mol. The van der Waals surface area contributed by atoms with Crippen molar-refractivity contribution in [3.63, 3.8) is 0 Å². The summed E-state index contributed by atoms with van der Waals surface area (Å²) >= 11 is 0. The number of methoxy groups -OCH3 is 1. The molecule has 9 heteroatoms. The zero-order chi connectivity index (χ0) is 19.4. The molecule has 0 saturated heterocycles. The van der Waals surface area contributed by atoms with Gasteiger partial charge in [0.15, 0.2) is 0 Å². The van der Waals surface area contributed by atoms with Crippen molar-refractivity contribution in [3.8, 4) is 0 Å². The number of carboxylic acid groups (broad SMARTS) is 1. The first-order chi connectivity index (χ1) is 12.3. The molecule has 0 saturated carbocycles. The maximum Gasteiger partial charge on any atom is 0.337 e. The van der Waals surface area contributed by atoms with Crippen LogP contribution in [0, 0.1) is 11.6 Å². The fourth-order valence-electron chi connectivity index (χ4n) is 2.82. The van der Waals surface area contributed by atoms with Crippen LogP contribution in [0.3, 0.4) is 0 Å². The Labute approximate surface area is 148 Å². The molecule has 1 atom stereocenters. The number of hydrogen-bond acceptors (Lipinski definition) is 4. The summed E-state index contributed by atoms with van der Waals surface area (Å²) in [5.74, 6) is -3.70. The van der Waals surface area contributed by atoms with Crippen LogP contribution < -0.4 is 5.32 Å². The van der Waals surface area contributed by atoms with E-state index in [0.29, 0.717) is 0 Å². The van der Waals surface area contributed by atoms with Gasteiger partial charge >= 0.3 is 18.0 Å². The van der Waals surface area contributed by atoms with Gasteiger partial charge in [-0.15, -0.1) is 0 Å². The molecule has 0 radical (unpaired) electrons. The molecule has 0 aliphatic carbocycles. The normalized spacial score (nSPS) is 17.2. The van der Waals surface area contributed by atoms with Crippen LogP contribution in [0.5, 0.6) is 0 Å². The van der Waals surface area contributed by atoms with Gasteiger partial charge in [-0.3, -0.25) is 9.69 Å². The molecule has 2 amide bonds. The van der Waals surface area contributed by atoms with Gasteiger partial charge in [-0.2, -0.15) is 0 Å². The first kappa shape index (κ1) is 19.4. The minimum Gasteiger partial charge on any atom is -0.481 e. The van der Waals surface area contributed by atoms with Gasteiger partial charge in [-0.25, -0.2) is 18.4 Å². The lowest BCUT2D eigenvalue weighted by molar-refractivity contribution is -0.138. The Bertz CT molecular complexity index is 758. The molecule has 1 aromatic carbocycles. The molecule has 2 N–H and O–H groups in total. The second-order valence-corrected chi connectivity index (χ2v) is 5.66. The third kappa shape index (κ3) is 3.81. The zero-order valence-corrected chi connectivity index (χ0v) is 14.2. The minimum atomic E-state index is -1.35. The highest BCUT2D eigenvalue weighted by molar-refractivity contribution is 5.95. The van der Waals surface area contributed by atoms with Gasteiger partial charge in [0.25, 0.3) is 0 Å². The first-order valence-electron chi connectivity index (χ1n) is 7.80. The third-order valence-electron chi connectivity index (χ3n) is 4.06. The summed E-state index contributed by atoms with van der Waals surface area (Å²) in [5, 5.41) is 11.1. The second-order valence-electron chi connectivity index (χ2n) is 5.66. The lowest BCUT2D eigenvalue weighted by atomic mass is 9.94. The summed E-state index contributed by atoms with van der Waals surface area (Å²) in [4.78, 5) is 36.4. The molecule has 0 unspecified atom stereocenters. The Morgan fingerprint density at radius 1 is 1.31 bits per heavy atom. The summed E-state index contributed by atoms with van der Waals surface area (Å²) in [6.07, 6.45) is -0.0245. The number of rotatable bonds is 6. The van der Waals surface area contributed by atoms with Crippen molar-refractivity contribution in [2.75, 3.05) is 13.7 Å². The molecule has 140 valence electrons. The van der Waals surface area contributed by atoms with Crippen molar-refractivity contribution in [1.29, 1.82) is 0 Å². The Morgan fingerprint density at radius 3 is 2.46 bits per heavy atom. The summed E-state index contributed by atoms with van der Waals surface area (Å²) in [5.41, 5.74) is -0.434. The van der Waals surface area contributed by atoms with Gasteiger partial charge in [0.2, 0.25) is 0 Å². The maximum absolute atomic E-state index is 14.2. The molecule has 0 spiro atoms. The van der Waals surface area contributed by atoms with Crippen molar-refractivity contribution in [1.82, 2.24) is 10.2 Å². The number of amides is 2. The predicted octanol–water partition coefficient (Wildman–Crippen LogP) is 2.34. The summed E-state index contributed by atoms with van der Waals surface area (Å²) < 4.78 is 33.1. The third-order valence-corrected chi connectivity index (χ3v) is 4.06. The van der Waals surface area contributed by atoms with Gasteiger partial charge < -0.3 is 15.2 Å². The quantitative estimate of drug-likeness (QED) is 0.752. The van der Waals surface area contributed by atoms with E-state index >= 15 is 0 Å². The van der Waals surface area contributed by atoms with Crippen molar-refractivity contribution in [2.24, 2.45) is 0 Å². The average Bonchev–Trinajstić information content (AvgIpc) is 2.56. The molecular weight excluding hydrogens is 350 g/mol. The summed E-state index contributed by atoms with van der Waals surface area (Å²) in [6.45, 7) is 1.47. The number of aliphatic carboxylic acids is 1. The average molecular weight is 368 g/mol. The number of nitrogens with one attached hydrogen (secondary N) is 1. The van der Waals surface area contributed by atoms with Gasteiger partial charge in [0.05, 0.1) is 24.3 Å². The van der Waals surface area contributed by atoms with Crippen molar-refractivity contribution < 1.29 is 33.0 Å². The molecule has 1 aliphatic rings. The molecule has 26 heavy (non-hydrogen) atoms. The molecule has 0 bridgehead atoms. The van der Waals surface area contributed by atoms with E-state index in [2.05, 4.69) is 5.32 Å².